The lowest BCUT2D eigenvalue weighted by molar-refractivity contribution is 0.0999. The van der Waals surface area contributed by atoms with Gasteiger partial charge in [-0.25, -0.2) is 0 Å². The second kappa shape index (κ2) is 9.42. The molecule has 2 heterocycles. The Hall–Kier alpha value is -3.36. The van der Waals surface area contributed by atoms with Gasteiger partial charge in [-0.15, -0.1) is 11.3 Å². The van der Waals surface area contributed by atoms with Crippen LogP contribution in [0.25, 0.3) is 0 Å². The van der Waals surface area contributed by atoms with Crippen LogP contribution in [0.1, 0.15) is 36.7 Å². The number of fused-ring (bicyclic) bond motifs is 1. The summed E-state index contributed by atoms with van der Waals surface area (Å²) >= 11 is 1.41. The molecule has 1 aliphatic heterocycles. The summed E-state index contributed by atoms with van der Waals surface area (Å²) in [4.78, 5) is 28.6. The fourth-order valence-electron chi connectivity index (χ4n) is 3.93. The second-order valence-electron chi connectivity index (χ2n) is 7.54. The fourth-order valence-corrected chi connectivity index (χ4v) is 5.22. The van der Waals surface area contributed by atoms with Crippen LogP contribution in [0.15, 0.2) is 48.5 Å². The van der Waals surface area contributed by atoms with E-state index in [-0.39, 0.29) is 5.91 Å². The topological polar surface area (TPSA) is 93.9 Å². The number of amides is 2. The van der Waals surface area contributed by atoms with Crippen LogP contribution >= 0.6 is 11.3 Å². The first-order chi connectivity index (χ1) is 15.5. The number of anilines is 1. The molecule has 3 aromatic rings. The smallest absolute Gasteiger partial charge is 0.256 e. The minimum Gasteiger partial charge on any atom is -0.493 e. The molecule has 166 valence electrons. The van der Waals surface area contributed by atoms with E-state index in [1.165, 1.54) is 31.1 Å². The van der Waals surface area contributed by atoms with Gasteiger partial charge in [0, 0.05) is 30.1 Å². The third kappa shape index (κ3) is 4.46. The number of thiophene rings is 1. The molecule has 0 atom stereocenters. The Labute approximate surface area is 190 Å². The van der Waals surface area contributed by atoms with E-state index in [4.69, 9.17) is 15.2 Å². The molecule has 1 aliphatic rings. The predicted molar refractivity (Wildman–Crippen MR) is 125 cm³/mol. The molecule has 4 rings (SSSR count). The molecule has 0 saturated heterocycles. The van der Waals surface area contributed by atoms with E-state index >= 15 is 0 Å². The Morgan fingerprint density at radius 3 is 2.53 bits per heavy atom. The maximum absolute atomic E-state index is 12.9. The number of carbonyl (C=O) groups excluding carboxylic acids is 2. The van der Waals surface area contributed by atoms with E-state index in [1.54, 1.807) is 18.2 Å². The molecule has 0 radical (unpaired) electrons. The molecule has 2 aromatic carbocycles. The zero-order valence-corrected chi connectivity index (χ0v) is 18.8. The first-order valence-corrected chi connectivity index (χ1v) is 11.1. The summed E-state index contributed by atoms with van der Waals surface area (Å²) in [6.45, 7) is 2.36. The van der Waals surface area contributed by atoms with Crippen LogP contribution in [0.5, 0.6) is 11.5 Å². The highest BCUT2D eigenvalue weighted by Gasteiger charge is 2.28. The number of benzene rings is 2. The minimum absolute atomic E-state index is 0.340. The van der Waals surface area contributed by atoms with Crippen LogP contribution in [0.4, 0.5) is 5.00 Å². The number of methoxy groups -OCH3 is 2. The largest absolute Gasteiger partial charge is 0.493 e. The SMILES string of the molecule is COc1ccc(C(=O)Nc2sc3c(c2C(N)=O)CCN(Cc2ccccc2)C3)cc1OC. The Bertz CT molecular complexity index is 1140. The molecule has 0 unspecified atom stereocenters. The molecule has 0 aliphatic carbocycles. The van der Waals surface area contributed by atoms with Gasteiger partial charge in [0.1, 0.15) is 5.00 Å². The van der Waals surface area contributed by atoms with Crippen molar-refractivity contribution in [3.63, 3.8) is 0 Å². The van der Waals surface area contributed by atoms with E-state index in [0.29, 0.717) is 40.6 Å². The van der Waals surface area contributed by atoms with Crippen LogP contribution in [0, 0.1) is 0 Å². The summed E-state index contributed by atoms with van der Waals surface area (Å²) in [6, 6.07) is 15.2. The number of ether oxygens (including phenoxy) is 2. The molecule has 0 bridgehead atoms. The van der Waals surface area contributed by atoms with Gasteiger partial charge < -0.3 is 20.5 Å². The lowest BCUT2D eigenvalue weighted by Gasteiger charge is -2.27. The number of nitrogens with two attached hydrogens (primary N) is 1. The summed E-state index contributed by atoms with van der Waals surface area (Å²) < 4.78 is 10.5. The maximum Gasteiger partial charge on any atom is 0.256 e. The highest BCUT2D eigenvalue weighted by molar-refractivity contribution is 7.17. The maximum atomic E-state index is 12.9. The first-order valence-electron chi connectivity index (χ1n) is 10.2. The van der Waals surface area contributed by atoms with Crippen molar-refractivity contribution < 1.29 is 19.1 Å². The van der Waals surface area contributed by atoms with Gasteiger partial charge in [-0.3, -0.25) is 14.5 Å². The molecule has 32 heavy (non-hydrogen) atoms. The predicted octanol–water partition coefficient (Wildman–Crippen LogP) is 3.67. The molecule has 7 nitrogen and oxygen atoms in total. The number of hydrogen-bond acceptors (Lipinski definition) is 6. The Kier molecular flexibility index (Phi) is 6.43. The van der Waals surface area contributed by atoms with Crippen molar-refractivity contribution in [2.45, 2.75) is 19.5 Å². The van der Waals surface area contributed by atoms with Crippen molar-refractivity contribution in [3.05, 3.63) is 75.7 Å². The van der Waals surface area contributed by atoms with E-state index in [1.807, 2.05) is 18.2 Å². The van der Waals surface area contributed by atoms with Crippen molar-refractivity contribution in [3.8, 4) is 11.5 Å². The third-order valence-corrected chi connectivity index (χ3v) is 6.64. The number of carbonyl (C=O) groups is 2. The zero-order valence-electron chi connectivity index (χ0n) is 18.0. The Morgan fingerprint density at radius 2 is 1.84 bits per heavy atom. The van der Waals surface area contributed by atoms with E-state index in [2.05, 4.69) is 22.3 Å². The highest BCUT2D eigenvalue weighted by atomic mass is 32.1. The van der Waals surface area contributed by atoms with Crippen molar-refractivity contribution in [2.75, 3.05) is 26.1 Å². The summed E-state index contributed by atoms with van der Waals surface area (Å²) in [6.07, 6.45) is 0.711. The first kappa shape index (κ1) is 21.9. The monoisotopic (exact) mass is 451 g/mol. The van der Waals surface area contributed by atoms with Crippen LogP contribution in [0.3, 0.4) is 0 Å². The molecule has 0 spiro atoms. The fraction of sp³-hybridized carbons (Fsp3) is 0.250. The lowest BCUT2D eigenvalue weighted by Crippen LogP contribution is -2.30. The van der Waals surface area contributed by atoms with E-state index in [0.717, 1.165) is 23.5 Å². The van der Waals surface area contributed by atoms with Crippen LogP contribution in [-0.2, 0) is 19.5 Å². The molecule has 0 fully saturated rings. The molecule has 2 amide bonds. The van der Waals surface area contributed by atoms with Crippen LogP contribution in [-0.4, -0.2) is 37.5 Å². The second-order valence-corrected chi connectivity index (χ2v) is 8.65. The molecule has 8 heteroatoms. The van der Waals surface area contributed by atoms with Gasteiger partial charge in [-0.05, 0) is 35.7 Å². The van der Waals surface area contributed by atoms with Gasteiger partial charge in [-0.2, -0.15) is 0 Å². The minimum atomic E-state index is -0.526. The normalized spacial score (nSPS) is 13.3. The quantitative estimate of drug-likeness (QED) is 0.572. The average Bonchev–Trinajstić information content (AvgIpc) is 3.16. The summed E-state index contributed by atoms with van der Waals surface area (Å²) in [5.41, 5.74) is 8.70. The average molecular weight is 452 g/mol. The Balaban J connectivity index is 1.56. The van der Waals surface area contributed by atoms with Gasteiger partial charge in [-0.1, -0.05) is 30.3 Å². The van der Waals surface area contributed by atoms with Crippen LogP contribution in [0.2, 0.25) is 0 Å². The van der Waals surface area contributed by atoms with Crippen molar-refractivity contribution in [2.24, 2.45) is 5.73 Å². The number of hydrogen-bond donors (Lipinski definition) is 2. The zero-order chi connectivity index (χ0) is 22.7. The van der Waals surface area contributed by atoms with E-state index < -0.39 is 5.91 Å². The van der Waals surface area contributed by atoms with Gasteiger partial charge in [0.05, 0.1) is 19.8 Å². The molecule has 1 aromatic heterocycles. The summed E-state index contributed by atoms with van der Waals surface area (Å²) in [5, 5.41) is 3.37. The third-order valence-electron chi connectivity index (χ3n) is 5.50. The number of nitrogens with one attached hydrogen (secondary N) is 1. The molecule has 0 saturated carbocycles. The van der Waals surface area contributed by atoms with Crippen molar-refractivity contribution >= 4 is 28.2 Å². The molecule has 3 N–H and O–H groups in total. The summed E-state index contributed by atoms with van der Waals surface area (Å²) in [5.74, 6) is 0.124. The standard InChI is InChI=1S/C24H25N3O4S/c1-30-18-9-8-16(12-19(18)31-2)23(29)26-24-21(22(25)28)17-10-11-27(14-20(17)32-24)13-15-6-4-3-5-7-15/h3-9,12H,10-11,13-14H2,1-2H3,(H2,25,28)(H,26,29). The highest BCUT2D eigenvalue weighted by Crippen LogP contribution is 2.38. The van der Waals surface area contributed by atoms with Gasteiger partial charge in [0.2, 0.25) is 0 Å². The summed E-state index contributed by atoms with van der Waals surface area (Å²) in [7, 11) is 3.05. The van der Waals surface area contributed by atoms with E-state index in [9.17, 15) is 9.59 Å². The number of primary amides is 1. The van der Waals surface area contributed by atoms with Crippen LogP contribution < -0.4 is 20.5 Å². The van der Waals surface area contributed by atoms with Crippen molar-refractivity contribution in [1.82, 2.24) is 4.90 Å². The van der Waals surface area contributed by atoms with Gasteiger partial charge in [0.15, 0.2) is 11.5 Å². The lowest BCUT2D eigenvalue weighted by atomic mass is 10.0. The van der Waals surface area contributed by atoms with Crippen molar-refractivity contribution in [1.29, 1.82) is 0 Å². The molecular formula is C24H25N3O4S. The van der Waals surface area contributed by atoms with Gasteiger partial charge >= 0.3 is 0 Å². The van der Waals surface area contributed by atoms with Gasteiger partial charge in [0.25, 0.3) is 11.8 Å². The number of rotatable bonds is 7. The number of nitrogens with zero attached hydrogens (tertiary/aromatic N) is 1. The Morgan fingerprint density at radius 1 is 1.09 bits per heavy atom. The molecular weight excluding hydrogens is 426 g/mol.